The van der Waals surface area contributed by atoms with Gasteiger partial charge in [0.2, 0.25) is 5.95 Å². The highest BCUT2D eigenvalue weighted by Crippen LogP contribution is 2.40. The van der Waals surface area contributed by atoms with Crippen LogP contribution >= 0.6 is 0 Å². The second kappa shape index (κ2) is 5.91. The number of rotatable bonds is 5. The first-order valence-corrected chi connectivity index (χ1v) is 7.70. The lowest BCUT2D eigenvalue weighted by Crippen LogP contribution is -2.14. The van der Waals surface area contributed by atoms with Gasteiger partial charge in [0, 0.05) is 23.7 Å². The summed E-state index contributed by atoms with van der Waals surface area (Å²) in [6.45, 7) is 5.85. The Balaban J connectivity index is 1.87. The summed E-state index contributed by atoms with van der Waals surface area (Å²) < 4.78 is 13.7. The largest absolute Gasteiger partial charge is 0.352 e. The van der Waals surface area contributed by atoms with Crippen molar-refractivity contribution in [3.63, 3.8) is 0 Å². The van der Waals surface area contributed by atoms with Crippen molar-refractivity contribution in [2.45, 2.75) is 45.6 Å². The summed E-state index contributed by atoms with van der Waals surface area (Å²) in [6.07, 6.45) is 2.35. The van der Waals surface area contributed by atoms with Gasteiger partial charge >= 0.3 is 0 Å². The molecule has 0 atom stereocenters. The fraction of sp³-hybridized carbons (Fsp3) is 0.412. The van der Waals surface area contributed by atoms with Gasteiger partial charge in [-0.2, -0.15) is 4.98 Å². The van der Waals surface area contributed by atoms with Gasteiger partial charge in [-0.3, -0.25) is 0 Å². The predicted octanol–water partition coefficient (Wildman–Crippen LogP) is 4.37. The van der Waals surface area contributed by atoms with Crippen LogP contribution in [0, 0.1) is 12.7 Å². The third kappa shape index (κ3) is 3.53. The first-order chi connectivity index (χ1) is 10.5. The molecule has 1 aromatic heterocycles. The lowest BCUT2D eigenvalue weighted by atomic mass is 10.2. The molecule has 3 rings (SSSR count). The molecule has 0 spiro atoms. The van der Waals surface area contributed by atoms with E-state index in [0.29, 0.717) is 28.9 Å². The van der Waals surface area contributed by atoms with Crippen LogP contribution in [0.1, 0.15) is 43.9 Å². The molecule has 1 heterocycles. The Labute approximate surface area is 130 Å². The molecule has 1 aromatic carbocycles. The molecule has 22 heavy (non-hydrogen) atoms. The summed E-state index contributed by atoms with van der Waals surface area (Å²) in [4.78, 5) is 9.05. The van der Waals surface area contributed by atoms with E-state index in [4.69, 9.17) is 0 Å². The van der Waals surface area contributed by atoms with Gasteiger partial charge in [0.1, 0.15) is 11.6 Å². The van der Waals surface area contributed by atoms with Crippen LogP contribution in [0.3, 0.4) is 0 Å². The van der Waals surface area contributed by atoms with Crippen molar-refractivity contribution in [2.75, 3.05) is 10.6 Å². The highest BCUT2D eigenvalue weighted by Gasteiger charge is 2.26. The Bertz CT molecular complexity index is 680. The first-order valence-electron chi connectivity index (χ1n) is 7.70. The van der Waals surface area contributed by atoms with Crippen molar-refractivity contribution in [3.05, 3.63) is 41.3 Å². The van der Waals surface area contributed by atoms with Crippen LogP contribution in [0.5, 0.6) is 0 Å². The molecule has 0 bridgehead atoms. The van der Waals surface area contributed by atoms with E-state index in [1.54, 1.807) is 13.0 Å². The summed E-state index contributed by atoms with van der Waals surface area (Å²) >= 11 is 0. The van der Waals surface area contributed by atoms with Crippen LogP contribution in [0.25, 0.3) is 0 Å². The van der Waals surface area contributed by atoms with Crippen molar-refractivity contribution >= 4 is 17.5 Å². The second-order valence-electron chi connectivity index (χ2n) is 6.16. The van der Waals surface area contributed by atoms with Crippen LogP contribution in [0.2, 0.25) is 0 Å². The monoisotopic (exact) mass is 300 g/mol. The summed E-state index contributed by atoms with van der Waals surface area (Å²) in [5.41, 5.74) is 2.38. The van der Waals surface area contributed by atoms with Crippen molar-refractivity contribution in [3.8, 4) is 0 Å². The molecule has 1 saturated carbocycles. The van der Waals surface area contributed by atoms with Crippen molar-refractivity contribution in [2.24, 2.45) is 0 Å². The first kappa shape index (κ1) is 14.8. The zero-order valence-electron chi connectivity index (χ0n) is 13.2. The highest BCUT2D eigenvalue weighted by molar-refractivity contribution is 5.58. The maximum Gasteiger partial charge on any atom is 0.225 e. The number of nitrogens with one attached hydrogen (secondary N) is 2. The molecule has 116 valence electrons. The van der Waals surface area contributed by atoms with E-state index in [2.05, 4.69) is 34.4 Å². The number of nitrogens with zero attached hydrogens (tertiary/aromatic N) is 2. The predicted molar refractivity (Wildman–Crippen MR) is 87.2 cm³/mol. The maximum absolute atomic E-state index is 13.7. The van der Waals surface area contributed by atoms with E-state index >= 15 is 0 Å². The zero-order valence-corrected chi connectivity index (χ0v) is 13.2. The molecule has 0 radical (unpaired) electrons. The Morgan fingerprint density at radius 2 is 1.95 bits per heavy atom. The molecule has 1 aliphatic rings. The Morgan fingerprint density at radius 1 is 1.18 bits per heavy atom. The lowest BCUT2D eigenvalue weighted by Gasteiger charge is -2.13. The summed E-state index contributed by atoms with van der Waals surface area (Å²) in [6, 6.07) is 7.32. The molecule has 0 aliphatic heterocycles. The van der Waals surface area contributed by atoms with Crippen LogP contribution in [-0.2, 0) is 0 Å². The van der Waals surface area contributed by atoms with E-state index in [1.807, 2.05) is 12.1 Å². The number of hydrogen-bond acceptors (Lipinski definition) is 4. The average Bonchev–Trinajstić information content (AvgIpc) is 3.26. The van der Waals surface area contributed by atoms with Crippen LogP contribution < -0.4 is 10.6 Å². The zero-order chi connectivity index (χ0) is 15.7. The fourth-order valence-corrected chi connectivity index (χ4v) is 2.26. The topological polar surface area (TPSA) is 49.8 Å². The van der Waals surface area contributed by atoms with Crippen molar-refractivity contribution in [1.82, 2.24) is 9.97 Å². The van der Waals surface area contributed by atoms with Gasteiger partial charge in [-0.25, -0.2) is 9.37 Å². The minimum absolute atomic E-state index is 0.220. The Kier molecular flexibility index (Phi) is 3.96. The number of halogens is 1. The molecule has 4 nitrogen and oxygen atoms in total. The van der Waals surface area contributed by atoms with E-state index in [0.717, 1.165) is 5.69 Å². The van der Waals surface area contributed by atoms with Crippen LogP contribution in [-0.4, -0.2) is 16.0 Å². The van der Waals surface area contributed by atoms with Gasteiger partial charge < -0.3 is 10.6 Å². The van der Waals surface area contributed by atoms with Crippen LogP contribution in [0.15, 0.2) is 24.3 Å². The number of aromatic nitrogens is 2. The lowest BCUT2D eigenvalue weighted by molar-refractivity contribution is 0.619. The molecular formula is C17H21FN4. The Hall–Kier alpha value is -2.17. The molecule has 2 aromatic rings. The molecular weight excluding hydrogens is 279 g/mol. The smallest absolute Gasteiger partial charge is 0.225 e. The third-order valence-electron chi connectivity index (χ3n) is 3.60. The Morgan fingerprint density at radius 3 is 2.59 bits per heavy atom. The van der Waals surface area contributed by atoms with Gasteiger partial charge in [0.05, 0.1) is 5.69 Å². The molecule has 2 N–H and O–H groups in total. The van der Waals surface area contributed by atoms with Gasteiger partial charge in [-0.15, -0.1) is 0 Å². The highest BCUT2D eigenvalue weighted by atomic mass is 19.1. The number of anilines is 3. The fourth-order valence-electron chi connectivity index (χ4n) is 2.26. The van der Waals surface area contributed by atoms with Gasteiger partial charge in [0.15, 0.2) is 0 Å². The molecule has 1 aliphatic carbocycles. The maximum atomic E-state index is 13.7. The molecule has 5 heteroatoms. The van der Waals surface area contributed by atoms with Crippen molar-refractivity contribution in [1.29, 1.82) is 0 Å². The molecule has 1 fully saturated rings. The van der Waals surface area contributed by atoms with E-state index in [1.165, 1.54) is 18.9 Å². The number of aryl methyl sites for hydroxylation is 1. The summed E-state index contributed by atoms with van der Waals surface area (Å²) in [5.74, 6) is 1.63. The minimum atomic E-state index is -0.220. The summed E-state index contributed by atoms with van der Waals surface area (Å²) in [5, 5.41) is 6.42. The molecule has 0 amide bonds. The van der Waals surface area contributed by atoms with Gasteiger partial charge in [0.25, 0.3) is 0 Å². The van der Waals surface area contributed by atoms with Gasteiger partial charge in [-0.05, 0) is 51.3 Å². The normalized spacial score (nSPS) is 14.2. The van der Waals surface area contributed by atoms with Crippen molar-refractivity contribution < 1.29 is 4.39 Å². The number of benzene rings is 1. The van der Waals surface area contributed by atoms with E-state index in [-0.39, 0.29) is 11.9 Å². The average molecular weight is 300 g/mol. The molecule has 0 unspecified atom stereocenters. The quantitative estimate of drug-likeness (QED) is 0.861. The third-order valence-corrected chi connectivity index (χ3v) is 3.60. The van der Waals surface area contributed by atoms with E-state index < -0.39 is 0 Å². The number of hydrogen-bond donors (Lipinski definition) is 2. The minimum Gasteiger partial charge on any atom is -0.352 e. The SMILES string of the molecule is Cc1ccc(Nc2cc(C3CC3)nc(NC(C)C)n2)cc1F. The molecule has 0 saturated heterocycles. The summed E-state index contributed by atoms with van der Waals surface area (Å²) in [7, 11) is 0. The second-order valence-corrected chi connectivity index (χ2v) is 6.16. The van der Waals surface area contributed by atoms with Crippen LogP contribution in [0.4, 0.5) is 21.8 Å². The standard InChI is InChI=1S/C17H21FN4/c1-10(2)19-17-21-15(12-5-6-12)9-16(22-17)20-13-7-4-11(3)14(18)8-13/h4,7-10,12H,5-6H2,1-3H3,(H2,19,20,21,22). The van der Waals surface area contributed by atoms with E-state index in [9.17, 15) is 4.39 Å². The van der Waals surface area contributed by atoms with Gasteiger partial charge in [-0.1, -0.05) is 6.07 Å².